The van der Waals surface area contributed by atoms with Crippen molar-refractivity contribution >= 4 is 11.9 Å². The molecule has 0 spiro atoms. The highest BCUT2D eigenvalue weighted by Gasteiger charge is 2.30. The van der Waals surface area contributed by atoms with Gasteiger partial charge in [0.2, 0.25) is 0 Å². The molecule has 4 aromatic rings. The Morgan fingerprint density at radius 1 is 1.06 bits per heavy atom. The number of piperidine rings is 1. The van der Waals surface area contributed by atoms with Crippen molar-refractivity contribution in [3.63, 3.8) is 0 Å². The number of aromatic carboxylic acids is 1. The summed E-state index contributed by atoms with van der Waals surface area (Å²) in [7, 11) is 0. The Morgan fingerprint density at radius 2 is 1.89 bits per heavy atom. The van der Waals surface area contributed by atoms with Gasteiger partial charge >= 0.3 is 5.97 Å². The molecule has 1 atom stereocenters. The lowest BCUT2D eigenvalue weighted by atomic mass is 9.99. The molecule has 1 aliphatic heterocycles. The molecule has 1 aliphatic rings. The summed E-state index contributed by atoms with van der Waals surface area (Å²) in [6.45, 7) is 3.11. The van der Waals surface area contributed by atoms with E-state index in [-0.39, 0.29) is 17.5 Å². The van der Waals surface area contributed by atoms with Gasteiger partial charge in [0.25, 0.3) is 5.91 Å². The number of rotatable bonds is 6. The van der Waals surface area contributed by atoms with Crippen molar-refractivity contribution < 1.29 is 14.7 Å². The van der Waals surface area contributed by atoms with Gasteiger partial charge in [0.15, 0.2) is 0 Å². The van der Waals surface area contributed by atoms with Crippen LogP contribution in [0.3, 0.4) is 0 Å². The number of pyridine rings is 1. The topological polar surface area (TPSA) is 119 Å². The van der Waals surface area contributed by atoms with Crippen LogP contribution in [0.2, 0.25) is 0 Å². The van der Waals surface area contributed by atoms with E-state index in [9.17, 15) is 14.7 Å². The van der Waals surface area contributed by atoms with E-state index in [1.807, 2.05) is 30.0 Å². The molecule has 0 aliphatic carbocycles. The number of aryl methyl sites for hydroxylation is 1. The summed E-state index contributed by atoms with van der Waals surface area (Å²) < 4.78 is 1.76. The molecule has 0 saturated carbocycles. The molecular weight excluding hydrogens is 446 g/mol. The van der Waals surface area contributed by atoms with E-state index in [1.165, 1.54) is 10.9 Å². The Kier molecular flexibility index (Phi) is 6.09. The van der Waals surface area contributed by atoms with Crippen LogP contribution < -0.4 is 0 Å². The Balaban J connectivity index is 1.41. The maximum absolute atomic E-state index is 13.8. The molecule has 4 heterocycles. The van der Waals surface area contributed by atoms with E-state index in [2.05, 4.69) is 20.3 Å². The van der Waals surface area contributed by atoms with Crippen LogP contribution in [0.5, 0.6) is 0 Å². The van der Waals surface area contributed by atoms with E-state index < -0.39 is 5.97 Å². The van der Waals surface area contributed by atoms with E-state index in [0.29, 0.717) is 35.6 Å². The summed E-state index contributed by atoms with van der Waals surface area (Å²) in [6.07, 6.45) is 11.0. The average Bonchev–Trinajstić information content (AvgIpc) is 3.57. The highest BCUT2D eigenvalue weighted by molar-refractivity contribution is 5.98. The molecule has 178 valence electrons. The predicted molar refractivity (Wildman–Crippen MR) is 127 cm³/mol. The smallest absolute Gasteiger partial charge is 0.337 e. The van der Waals surface area contributed by atoms with Crippen LogP contribution in [-0.4, -0.2) is 64.2 Å². The van der Waals surface area contributed by atoms with Gasteiger partial charge in [-0.15, -0.1) is 0 Å². The molecule has 10 nitrogen and oxygen atoms in total. The van der Waals surface area contributed by atoms with Gasteiger partial charge in [-0.3, -0.25) is 14.5 Å². The number of carbonyl (C=O) groups is 2. The predicted octanol–water partition coefficient (Wildman–Crippen LogP) is 3.23. The number of aromatic nitrogens is 6. The van der Waals surface area contributed by atoms with Crippen LogP contribution in [0.15, 0.2) is 61.3 Å². The van der Waals surface area contributed by atoms with Crippen molar-refractivity contribution in [3.8, 4) is 16.9 Å². The third-order valence-corrected chi connectivity index (χ3v) is 6.25. The maximum atomic E-state index is 13.8. The van der Waals surface area contributed by atoms with Crippen molar-refractivity contribution in [2.24, 2.45) is 0 Å². The van der Waals surface area contributed by atoms with Crippen LogP contribution in [0, 0.1) is 6.92 Å². The Labute approximate surface area is 201 Å². The van der Waals surface area contributed by atoms with Crippen molar-refractivity contribution in [3.05, 3.63) is 78.0 Å². The minimum Gasteiger partial charge on any atom is -0.478 e. The third kappa shape index (κ3) is 4.54. The van der Waals surface area contributed by atoms with Gasteiger partial charge in [-0.05, 0) is 50.5 Å². The minimum atomic E-state index is -1.04. The van der Waals surface area contributed by atoms with Crippen LogP contribution in [0.1, 0.15) is 45.5 Å². The van der Waals surface area contributed by atoms with Crippen LogP contribution in [0.4, 0.5) is 0 Å². The minimum absolute atomic E-state index is 0.0504. The highest BCUT2D eigenvalue weighted by Crippen LogP contribution is 2.26. The van der Waals surface area contributed by atoms with E-state index >= 15 is 0 Å². The monoisotopic (exact) mass is 471 g/mol. The Bertz CT molecular complexity index is 1360. The van der Waals surface area contributed by atoms with Crippen molar-refractivity contribution in [1.29, 1.82) is 0 Å². The number of benzene rings is 1. The van der Waals surface area contributed by atoms with Crippen molar-refractivity contribution in [1.82, 2.24) is 34.7 Å². The molecule has 0 bridgehead atoms. The zero-order chi connectivity index (χ0) is 24.4. The van der Waals surface area contributed by atoms with E-state index in [4.69, 9.17) is 0 Å². The van der Waals surface area contributed by atoms with Gasteiger partial charge in [-0.25, -0.2) is 4.79 Å². The first-order valence-electron chi connectivity index (χ1n) is 11.5. The molecule has 5 rings (SSSR count). The molecule has 0 radical (unpaired) electrons. The first kappa shape index (κ1) is 22.5. The second kappa shape index (κ2) is 9.49. The highest BCUT2D eigenvalue weighted by atomic mass is 16.4. The van der Waals surface area contributed by atoms with Crippen LogP contribution in [0.25, 0.3) is 16.9 Å². The first-order chi connectivity index (χ1) is 17.0. The second-order valence-electron chi connectivity index (χ2n) is 8.64. The van der Waals surface area contributed by atoms with Gasteiger partial charge in [-0.1, -0.05) is 11.6 Å². The number of carboxylic acids is 1. The quantitative estimate of drug-likeness (QED) is 0.458. The Morgan fingerprint density at radius 3 is 2.69 bits per heavy atom. The largest absolute Gasteiger partial charge is 0.478 e. The number of hydrogen-bond acceptors (Lipinski definition) is 6. The zero-order valence-corrected chi connectivity index (χ0v) is 19.3. The fourth-order valence-electron chi connectivity index (χ4n) is 4.56. The zero-order valence-electron chi connectivity index (χ0n) is 19.3. The van der Waals surface area contributed by atoms with Gasteiger partial charge in [-0.2, -0.15) is 20.1 Å². The fraction of sp³-hybridized carbons (Fsp3) is 0.280. The lowest BCUT2D eigenvalue weighted by Crippen LogP contribution is -2.46. The number of carbonyl (C=O) groups excluding carboxylic acids is 1. The molecule has 1 aromatic carbocycles. The van der Waals surface area contributed by atoms with Crippen LogP contribution >= 0.6 is 0 Å². The number of likely N-dealkylation sites (tertiary alicyclic amines) is 1. The SMILES string of the molecule is Cc1ccc(-n2nccn2)c(C(=O)N2CCCC[C@H]2Cn2cc(-c3ncccc3C(=O)O)cn2)c1. The van der Waals surface area contributed by atoms with Crippen molar-refractivity contribution in [2.45, 2.75) is 38.8 Å². The summed E-state index contributed by atoms with van der Waals surface area (Å²) in [5.41, 5.74) is 3.32. The molecule has 35 heavy (non-hydrogen) atoms. The molecule has 1 amide bonds. The summed E-state index contributed by atoms with van der Waals surface area (Å²) in [5.74, 6) is -1.10. The lowest BCUT2D eigenvalue weighted by Gasteiger charge is -2.36. The normalized spacial score (nSPS) is 15.8. The number of carboxylic acid groups (broad SMARTS) is 1. The van der Waals surface area contributed by atoms with Gasteiger partial charge in [0.1, 0.15) is 0 Å². The van der Waals surface area contributed by atoms with Crippen molar-refractivity contribution in [2.75, 3.05) is 6.54 Å². The number of amides is 1. The number of nitrogens with zero attached hydrogens (tertiary/aromatic N) is 7. The third-order valence-electron chi connectivity index (χ3n) is 6.25. The molecule has 3 aromatic heterocycles. The Hall–Kier alpha value is -4.34. The summed E-state index contributed by atoms with van der Waals surface area (Å²) in [5, 5.41) is 22.4. The maximum Gasteiger partial charge on any atom is 0.337 e. The van der Waals surface area contributed by atoms with Gasteiger partial charge in [0, 0.05) is 24.5 Å². The number of hydrogen-bond donors (Lipinski definition) is 1. The molecule has 1 N–H and O–H groups in total. The van der Waals surface area contributed by atoms with Gasteiger partial charge in [0.05, 0.1) is 53.7 Å². The second-order valence-corrected chi connectivity index (χ2v) is 8.64. The molecule has 0 unspecified atom stereocenters. The standard InChI is InChI=1S/C25H25N7O3/c1-17-7-8-22(32-27-10-11-28-32)21(13-17)24(33)31-12-3-2-5-19(31)16-30-15-18(14-29-30)23-20(25(34)35)6-4-9-26-23/h4,6-11,13-15,19H,2-3,5,12,16H2,1H3,(H,34,35)/t19-/m0/s1. The fourth-order valence-corrected chi connectivity index (χ4v) is 4.56. The molecular formula is C25H25N7O3. The van der Waals surface area contributed by atoms with E-state index in [0.717, 1.165) is 24.8 Å². The summed E-state index contributed by atoms with van der Waals surface area (Å²) >= 11 is 0. The lowest BCUT2D eigenvalue weighted by molar-refractivity contribution is 0.0582. The van der Waals surface area contributed by atoms with E-state index in [1.54, 1.807) is 41.7 Å². The summed E-state index contributed by atoms with van der Waals surface area (Å²) in [6, 6.07) is 8.77. The van der Waals surface area contributed by atoms with Gasteiger partial charge < -0.3 is 10.0 Å². The summed E-state index contributed by atoms with van der Waals surface area (Å²) in [4.78, 5) is 33.0. The van der Waals surface area contributed by atoms with Crippen LogP contribution in [-0.2, 0) is 6.54 Å². The molecule has 10 heteroatoms. The molecule has 1 saturated heterocycles. The molecule has 1 fully saturated rings. The first-order valence-corrected chi connectivity index (χ1v) is 11.5. The average molecular weight is 472 g/mol.